The molecule has 0 aliphatic heterocycles. The first-order valence-electron chi connectivity index (χ1n) is 8.07. The van der Waals surface area contributed by atoms with Crippen LogP contribution in [0.25, 0.3) is 0 Å². The normalized spacial score (nSPS) is 16.0. The van der Waals surface area contributed by atoms with Crippen LogP contribution in [-0.4, -0.2) is 23.6 Å². The summed E-state index contributed by atoms with van der Waals surface area (Å²) in [7, 11) is 0. The Morgan fingerprint density at radius 2 is 1.96 bits per heavy atom. The molecule has 2 N–H and O–H groups in total. The molecule has 0 bridgehead atoms. The van der Waals surface area contributed by atoms with Crippen LogP contribution in [0.15, 0.2) is 42.5 Å². The fraction of sp³-hybridized carbons (Fsp3) is 0.263. The van der Waals surface area contributed by atoms with E-state index in [-0.39, 0.29) is 17.8 Å². The molecular formula is C19H18FNO4. The number of fused-ring (bicyclic) bond motifs is 1. The van der Waals surface area contributed by atoms with Gasteiger partial charge in [-0.2, -0.15) is 0 Å². The van der Waals surface area contributed by atoms with E-state index in [1.807, 2.05) is 6.07 Å². The number of aliphatic carboxylic acids is 1. The lowest BCUT2D eigenvalue weighted by Gasteiger charge is -2.26. The molecule has 2 aromatic rings. The minimum absolute atomic E-state index is 0.292. The predicted molar refractivity (Wildman–Crippen MR) is 89.1 cm³/mol. The highest BCUT2D eigenvalue weighted by Crippen LogP contribution is 2.32. The fourth-order valence-electron chi connectivity index (χ4n) is 3.06. The minimum Gasteiger partial charge on any atom is -0.482 e. The molecule has 130 valence electrons. The third-order valence-corrected chi connectivity index (χ3v) is 4.21. The summed E-state index contributed by atoms with van der Waals surface area (Å²) in [5.74, 6) is -1.29. The number of halogens is 1. The van der Waals surface area contributed by atoms with Crippen LogP contribution in [0.1, 0.15) is 40.4 Å². The van der Waals surface area contributed by atoms with E-state index in [2.05, 4.69) is 5.32 Å². The van der Waals surface area contributed by atoms with Gasteiger partial charge in [0.2, 0.25) is 0 Å². The Bertz CT molecular complexity index is 789. The number of benzene rings is 2. The Hall–Kier alpha value is -2.89. The second-order valence-corrected chi connectivity index (χ2v) is 5.94. The number of nitrogens with one attached hydrogen (secondary N) is 1. The maximum absolute atomic E-state index is 14.2. The van der Waals surface area contributed by atoms with Gasteiger partial charge < -0.3 is 15.2 Å². The molecule has 6 heteroatoms. The molecule has 1 aliphatic carbocycles. The molecule has 1 aliphatic rings. The molecule has 0 aromatic heterocycles. The summed E-state index contributed by atoms with van der Waals surface area (Å²) >= 11 is 0. The van der Waals surface area contributed by atoms with E-state index in [0.29, 0.717) is 23.3 Å². The van der Waals surface area contributed by atoms with E-state index in [1.54, 1.807) is 18.2 Å². The van der Waals surface area contributed by atoms with Crippen LogP contribution in [0.3, 0.4) is 0 Å². The third kappa shape index (κ3) is 3.96. The van der Waals surface area contributed by atoms with Crippen molar-refractivity contribution in [2.24, 2.45) is 0 Å². The lowest BCUT2D eigenvalue weighted by Crippen LogP contribution is -2.31. The molecular weight excluding hydrogens is 325 g/mol. The molecule has 1 atom stereocenters. The van der Waals surface area contributed by atoms with Gasteiger partial charge in [-0.3, -0.25) is 4.79 Å². The van der Waals surface area contributed by atoms with E-state index in [1.165, 1.54) is 18.2 Å². The number of carbonyl (C=O) groups is 2. The zero-order valence-electron chi connectivity index (χ0n) is 13.5. The third-order valence-electron chi connectivity index (χ3n) is 4.21. The standard InChI is InChI=1S/C19H18FNO4/c20-15-5-1-3-12-4-2-6-16(18(12)15)21-19(24)13-7-9-14(10-8-13)25-11-17(22)23/h1,3,5,7-10,16H,2,4,6,11H2,(H,21,24)(H,22,23). The fourth-order valence-corrected chi connectivity index (χ4v) is 3.06. The molecule has 0 spiro atoms. The summed E-state index contributed by atoms with van der Waals surface area (Å²) in [4.78, 5) is 22.9. The van der Waals surface area contributed by atoms with E-state index in [0.717, 1.165) is 18.4 Å². The summed E-state index contributed by atoms with van der Waals surface area (Å²) in [6.45, 7) is -0.441. The van der Waals surface area contributed by atoms with Gasteiger partial charge in [0, 0.05) is 11.1 Å². The van der Waals surface area contributed by atoms with Crippen molar-refractivity contribution in [1.82, 2.24) is 5.32 Å². The molecule has 1 amide bonds. The molecule has 3 rings (SSSR count). The van der Waals surface area contributed by atoms with Crippen molar-refractivity contribution in [1.29, 1.82) is 0 Å². The van der Waals surface area contributed by atoms with Crippen molar-refractivity contribution in [3.63, 3.8) is 0 Å². The Kier molecular flexibility index (Phi) is 4.97. The zero-order valence-corrected chi connectivity index (χ0v) is 13.5. The van der Waals surface area contributed by atoms with Crippen LogP contribution < -0.4 is 10.1 Å². The Balaban J connectivity index is 1.70. The topological polar surface area (TPSA) is 75.6 Å². The summed E-state index contributed by atoms with van der Waals surface area (Å²) in [6, 6.07) is 10.8. The molecule has 1 unspecified atom stereocenters. The predicted octanol–water partition coefficient (Wildman–Crippen LogP) is 3.10. The summed E-state index contributed by atoms with van der Waals surface area (Å²) in [6.07, 6.45) is 2.40. The van der Waals surface area contributed by atoms with E-state index in [9.17, 15) is 14.0 Å². The van der Waals surface area contributed by atoms with Crippen molar-refractivity contribution < 1.29 is 23.8 Å². The number of carboxylic acid groups (broad SMARTS) is 1. The van der Waals surface area contributed by atoms with E-state index >= 15 is 0 Å². The first kappa shape index (κ1) is 17.0. The lowest BCUT2D eigenvalue weighted by atomic mass is 9.87. The van der Waals surface area contributed by atoms with E-state index < -0.39 is 12.6 Å². The number of hydrogen-bond donors (Lipinski definition) is 2. The quantitative estimate of drug-likeness (QED) is 0.875. The number of ether oxygens (including phenoxy) is 1. The first-order chi connectivity index (χ1) is 12.0. The van der Waals surface area contributed by atoms with Crippen LogP contribution in [0.5, 0.6) is 5.75 Å². The highest BCUT2D eigenvalue weighted by atomic mass is 19.1. The van der Waals surface area contributed by atoms with Gasteiger partial charge in [-0.1, -0.05) is 12.1 Å². The SMILES string of the molecule is O=C(O)COc1ccc(C(=O)NC2CCCc3cccc(F)c32)cc1. The van der Waals surface area contributed by atoms with Crippen molar-refractivity contribution in [2.45, 2.75) is 25.3 Å². The number of rotatable bonds is 5. The Labute approximate surface area is 144 Å². The number of amides is 1. The molecule has 25 heavy (non-hydrogen) atoms. The molecule has 5 nitrogen and oxygen atoms in total. The van der Waals surface area contributed by atoms with Crippen molar-refractivity contribution in [3.8, 4) is 5.75 Å². The Morgan fingerprint density at radius 1 is 1.20 bits per heavy atom. The average Bonchev–Trinajstić information content (AvgIpc) is 2.60. The summed E-state index contributed by atoms with van der Waals surface area (Å²) in [5, 5.41) is 11.5. The van der Waals surface area contributed by atoms with Crippen molar-refractivity contribution >= 4 is 11.9 Å². The van der Waals surface area contributed by atoms with Crippen LogP contribution >= 0.6 is 0 Å². The number of aryl methyl sites for hydroxylation is 1. The maximum atomic E-state index is 14.2. The number of hydrogen-bond acceptors (Lipinski definition) is 3. The second kappa shape index (κ2) is 7.34. The molecule has 0 saturated heterocycles. The molecule has 0 saturated carbocycles. The van der Waals surface area contributed by atoms with Gasteiger partial charge in [0.15, 0.2) is 6.61 Å². The van der Waals surface area contributed by atoms with Gasteiger partial charge >= 0.3 is 5.97 Å². The van der Waals surface area contributed by atoms with Crippen molar-refractivity contribution in [3.05, 3.63) is 65.0 Å². The summed E-state index contributed by atoms with van der Waals surface area (Å²) in [5.41, 5.74) is 1.92. The highest BCUT2D eigenvalue weighted by Gasteiger charge is 2.25. The van der Waals surface area contributed by atoms with Gasteiger partial charge in [0.05, 0.1) is 6.04 Å². The van der Waals surface area contributed by atoms with Gasteiger partial charge in [-0.05, 0) is 55.2 Å². The van der Waals surface area contributed by atoms with Crippen LogP contribution in [0.4, 0.5) is 4.39 Å². The number of carboxylic acids is 1. The molecule has 0 heterocycles. The highest BCUT2D eigenvalue weighted by molar-refractivity contribution is 5.94. The minimum atomic E-state index is -1.07. The first-order valence-corrected chi connectivity index (χ1v) is 8.07. The van der Waals surface area contributed by atoms with E-state index in [4.69, 9.17) is 9.84 Å². The maximum Gasteiger partial charge on any atom is 0.341 e. The van der Waals surface area contributed by atoms with Crippen LogP contribution in [-0.2, 0) is 11.2 Å². The van der Waals surface area contributed by atoms with Gasteiger partial charge in [0.25, 0.3) is 5.91 Å². The lowest BCUT2D eigenvalue weighted by molar-refractivity contribution is -0.139. The molecule has 2 aromatic carbocycles. The zero-order chi connectivity index (χ0) is 17.8. The molecule has 0 radical (unpaired) electrons. The molecule has 0 fully saturated rings. The van der Waals surface area contributed by atoms with Crippen molar-refractivity contribution in [2.75, 3.05) is 6.61 Å². The van der Waals surface area contributed by atoms with Gasteiger partial charge in [-0.15, -0.1) is 0 Å². The smallest absolute Gasteiger partial charge is 0.341 e. The Morgan fingerprint density at radius 3 is 2.68 bits per heavy atom. The van der Waals surface area contributed by atoms with Crippen LogP contribution in [0.2, 0.25) is 0 Å². The van der Waals surface area contributed by atoms with Crippen LogP contribution in [0, 0.1) is 5.82 Å². The second-order valence-electron chi connectivity index (χ2n) is 5.94. The van der Waals surface area contributed by atoms with Gasteiger partial charge in [-0.25, -0.2) is 9.18 Å². The monoisotopic (exact) mass is 343 g/mol. The number of carbonyl (C=O) groups excluding carboxylic acids is 1. The average molecular weight is 343 g/mol. The largest absolute Gasteiger partial charge is 0.482 e. The van der Waals surface area contributed by atoms with Gasteiger partial charge in [0.1, 0.15) is 11.6 Å². The summed E-state index contributed by atoms with van der Waals surface area (Å²) < 4.78 is 19.2.